The summed E-state index contributed by atoms with van der Waals surface area (Å²) in [5.74, 6) is -1.38. The van der Waals surface area contributed by atoms with E-state index in [2.05, 4.69) is 34.9 Å². The van der Waals surface area contributed by atoms with Crippen molar-refractivity contribution in [1.82, 2.24) is 10.6 Å². The molecule has 186 valence electrons. The molecule has 0 aromatic heterocycles. The summed E-state index contributed by atoms with van der Waals surface area (Å²) >= 11 is 0. The van der Waals surface area contributed by atoms with Gasteiger partial charge in [-0.2, -0.15) is 0 Å². The summed E-state index contributed by atoms with van der Waals surface area (Å²) in [6.07, 6.45) is 0.817. The van der Waals surface area contributed by atoms with Gasteiger partial charge in [0.05, 0.1) is 19.3 Å². The second kappa shape index (κ2) is 10.5. The van der Waals surface area contributed by atoms with Crippen molar-refractivity contribution >= 4 is 18.0 Å². The first-order valence-electron chi connectivity index (χ1n) is 12.1. The standard InChI is InChI=1S/C27H32N2O6/c1-3-8-17(13-24(30)29-23-15-34-16-27(23,2)25(31)32)28-26(33)35-14-22-20-11-6-4-9-18(20)19-10-5-7-12-21(19)22/h4-7,9-12,17,22-23H,3,8,13-16H2,1-2H3,(H,28,33)(H,29,30)(H,31,32)/t17-,23?,27?/m0/s1. The van der Waals surface area contributed by atoms with Gasteiger partial charge in [0.1, 0.15) is 12.0 Å². The molecule has 35 heavy (non-hydrogen) atoms. The highest BCUT2D eigenvalue weighted by Crippen LogP contribution is 2.44. The van der Waals surface area contributed by atoms with Gasteiger partial charge in [0.15, 0.2) is 0 Å². The van der Waals surface area contributed by atoms with Crippen molar-refractivity contribution < 1.29 is 29.0 Å². The molecule has 3 atom stereocenters. The number of fused-ring (bicyclic) bond motifs is 3. The predicted molar refractivity (Wildman–Crippen MR) is 130 cm³/mol. The van der Waals surface area contributed by atoms with E-state index in [0.29, 0.717) is 6.42 Å². The lowest BCUT2D eigenvalue weighted by molar-refractivity contribution is -0.149. The highest BCUT2D eigenvalue weighted by atomic mass is 16.5. The van der Waals surface area contributed by atoms with Gasteiger partial charge in [0, 0.05) is 18.4 Å². The first-order chi connectivity index (χ1) is 16.8. The number of aliphatic carboxylic acids is 1. The number of amides is 2. The Bertz CT molecular complexity index is 1060. The number of nitrogens with one attached hydrogen (secondary N) is 2. The molecule has 0 spiro atoms. The normalized spacial score (nSPS) is 21.6. The molecule has 1 aliphatic carbocycles. The average Bonchev–Trinajstić information content (AvgIpc) is 3.36. The highest BCUT2D eigenvalue weighted by Gasteiger charge is 2.47. The van der Waals surface area contributed by atoms with Crippen LogP contribution in [0.1, 0.15) is 50.2 Å². The number of alkyl carbamates (subject to hydrolysis) is 1. The Labute approximate surface area is 205 Å². The monoisotopic (exact) mass is 480 g/mol. The van der Waals surface area contributed by atoms with Crippen LogP contribution in [0.25, 0.3) is 11.1 Å². The Balaban J connectivity index is 1.34. The molecule has 2 amide bonds. The molecule has 3 N–H and O–H groups in total. The molecule has 0 radical (unpaired) electrons. The molecular formula is C27H32N2O6. The van der Waals surface area contributed by atoms with E-state index in [1.54, 1.807) is 6.92 Å². The number of rotatable bonds is 9. The number of hydrogen-bond acceptors (Lipinski definition) is 5. The van der Waals surface area contributed by atoms with Crippen molar-refractivity contribution in [2.75, 3.05) is 19.8 Å². The summed E-state index contributed by atoms with van der Waals surface area (Å²) in [6, 6.07) is 15.2. The lowest BCUT2D eigenvalue weighted by atomic mass is 9.85. The van der Waals surface area contributed by atoms with E-state index in [1.165, 1.54) is 0 Å². The maximum absolute atomic E-state index is 12.7. The van der Waals surface area contributed by atoms with Crippen molar-refractivity contribution in [1.29, 1.82) is 0 Å². The number of carbonyl (C=O) groups excluding carboxylic acids is 2. The van der Waals surface area contributed by atoms with E-state index in [4.69, 9.17) is 9.47 Å². The number of hydrogen-bond donors (Lipinski definition) is 3. The molecule has 4 rings (SSSR count). The molecule has 0 saturated carbocycles. The molecule has 8 nitrogen and oxygen atoms in total. The minimum atomic E-state index is -1.17. The van der Waals surface area contributed by atoms with Crippen LogP contribution in [0.2, 0.25) is 0 Å². The SMILES string of the molecule is CCC[C@@H](CC(=O)NC1COCC1(C)C(=O)O)NC(=O)OCC1c2ccccc2-c2ccccc21. The van der Waals surface area contributed by atoms with Gasteiger partial charge in [-0.25, -0.2) is 4.79 Å². The molecule has 1 fully saturated rings. The van der Waals surface area contributed by atoms with Crippen LogP contribution in [0.5, 0.6) is 0 Å². The Morgan fingerprint density at radius 3 is 2.34 bits per heavy atom. The fraction of sp³-hybridized carbons (Fsp3) is 0.444. The van der Waals surface area contributed by atoms with Crippen molar-refractivity contribution in [2.24, 2.45) is 5.41 Å². The Kier molecular flexibility index (Phi) is 7.40. The second-order valence-electron chi connectivity index (χ2n) is 9.52. The Hall–Kier alpha value is -3.39. The minimum absolute atomic E-state index is 0.0320. The van der Waals surface area contributed by atoms with E-state index >= 15 is 0 Å². The first kappa shape index (κ1) is 24.7. The zero-order valence-corrected chi connectivity index (χ0v) is 20.1. The number of ether oxygens (including phenoxy) is 2. The third-order valence-corrected chi connectivity index (χ3v) is 7.01. The number of carbonyl (C=O) groups is 3. The van der Waals surface area contributed by atoms with Gasteiger partial charge in [-0.3, -0.25) is 9.59 Å². The van der Waals surface area contributed by atoms with Gasteiger partial charge >= 0.3 is 12.1 Å². The predicted octanol–water partition coefficient (Wildman–Crippen LogP) is 3.69. The fourth-order valence-electron chi connectivity index (χ4n) is 4.94. The molecule has 2 aromatic carbocycles. The van der Waals surface area contributed by atoms with Crippen LogP contribution in [-0.4, -0.2) is 55.0 Å². The van der Waals surface area contributed by atoms with Crippen LogP contribution in [0.4, 0.5) is 4.79 Å². The largest absolute Gasteiger partial charge is 0.481 e. The summed E-state index contributed by atoms with van der Waals surface area (Å²) in [5, 5.41) is 15.1. The van der Waals surface area contributed by atoms with Crippen molar-refractivity contribution in [3.05, 3.63) is 59.7 Å². The quantitative estimate of drug-likeness (QED) is 0.504. The zero-order chi connectivity index (χ0) is 25.0. The molecule has 2 unspecified atom stereocenters. The summed E-state index contributed by atoms with van der Waals surface area (Å²) < 4.78 is 10.9. The van der Waals surface area contributed by atoms with Crippen LogP contribution >= 0.6 is 0 Å². The lowest BCUT2D eigenvalue weighted by Crippen LogP contribution is -2.51. The molecular weight excluding hydrogens is 448 g/mol. The van der Waals surface area contributed by atoms with E-state index < -0.39 is 29.6 Å². The maximum atomic E-state index is 12.7. The van der Waals surface area contributed by atoms with Gasteiger partial charge in [-0.05, 0) is 35.6 Å². The molecule has 8 heteroatoms. The number of benzene rings is 2. The Morgan fingerprint density at radius 2 is 1.74 bits per heavy atom. The highest BCUT2D eigenvalue weighted by molar-refractivity contribution is 5.81. The fourth-order valence-corrected chi connectivity index (χ4v) is 4.94. The lowest BCUT2D eigenvalue weighted by Gasteiger charge is -2.26. The van der Waals surface area contributed by atoms with Crippen LogP contribution in [0.3, 0.4) is 0 Å². The molecule has 1 heterocycles. The van der Waals surface area contributed by atoms with Crippen LogP contribution in [0.15, 0.2) is 48.5 Å². The van der Waals surface area contributed by atoms with Gasteiger partial charge in [-0.15, -0.1) is 0 Å². The number of carboxylic acid groups (broad SMARTS) is 1. The van der Waals surface area contributed by atoms with Crippen LogP contribution in [0, 0.1) is 5.41 Å². The van der Waals surface area contributed by atoms with Gasteiger partial charge in [0.25, 0.3) is 0 Å². The first-order valence-corrected chi connectivity index (χ1v) is 12.1. The van der Waals surface area contributed by atoms with E-state index in [0.717, 1.165) is 28.7 Å². The smallest absolute Gasteiger partial charge is 0.407 e. The van der Waals surface area contributed by atoms with E-state index in [9.17, 15) is 19.5 Å². The van der Waals surface area contributed by atoms with Gasteiger partial charge in [-0.1, -0.05) is 61.9 Å². The summed E-state index contributed by atoms with van der Waals surface area (Å²) in [4.78, 5) is 36.9. The second-order valence-corrected chi connectivity index (χ2v) is 9.52. The molecule has 1 aliphatic heterocycles. The summed E-state index contributed by atoms with van der Waals surface area (Å²) in [7, 11) is 0. The van der Waals surface area contributed by atoms with Crippen LogP contribution in [-0.2, 0) is 19.1 Å². The van der Waals surface area contributed by atoms with Crippen LogP contribution < -0.4 is 10.6 Å². The summed E-state index contributed by atoms with van der Waals surface area (Å²) in [6.45, 7) is 3.92. The molecule has 2 aliphatic rings. The zero-order valence-electron chi connectivity index (χ0n) is 20.1. The van der Waals surface area contributed by atoms with Crippen molar-refractivity contribution in [2.45, 2.75) is 51.1 Å². The molecule has 2 aromatic rings. The Morgan fingerprint density at radius 1 is 1.11 bits per heavy atom. The molecule has 1 saturated heterocycles. The summed E-state index contributed by atoms with van der Waals surface area (Å²) in [5.41, 5.74) is 3.40. The topological polar surface area (TPSA) is 114 Å². The van der Waals surface area contributed by atoms with E-state index in [-0.39, 0.29) is 38.1 Å². The van der Waals surface area contributed by atoms with Gasteiger partial charge in [0.2, 0.25) is 5.91 Å². The number of carboxylic acids is 1. The third kappa shape index (κ3) is 5.17. The average molecular weight is 481 g/mol. The maximum Gasteiger partial charge on any atom is 0.407 e. The van der Waals surface area contributed by atoms with Crippen molar-refractivity contribution in [3.63, 3.8) is 0 Å². The molecule has 0 bridgehead atoms. The van der Waals surface area contributed by atoms with Gasteiger partial charge < -0.3 is 25.2 Å². The minimum Gasteiger partial charge on any atom is -0.481 e. The van der Waals surface area contributed by atoms with Crippen molar-refractivity contribution in [3.8, 4) is 11.1 Å². The third-order valence-electron chi connectivity index (χ3n) is 7.01. The van der Waals surface area contributed by atoms with E-state index in [1.807, 2.05) is 31.2 Å².